The van der Waals surface area contributed by atoms with E-state index in [4.69, 9.17) is 0 Å². The number of rotatable bonds is 1. The molecule has 1 nitrogen and oxygen atoms in total. The Labute approximate surface area is 74.7 Å². The Hall–Kier alpha value is 0.820. The molecule has 0 bridgehead atoms. The largest absolute Gasteiger partial charge is 0.301 e. The van der Waals surface area contributed by atoms with Crippen LogP contribution in [0.4, 0.5) is 0 Å². The monoisotopic (exact) mass is 191 g/mol. The zero-order valence-electron chi connectivity index (χ0n) is 7.51. The maximum absolute atomic E-state index is 2.95. The zero-order valence-corrected chi connectivity index (χ0v) is 9.82. The third-order valence-electron chi connectivity index (χ3n) is 2.46. The molecule has 2 unspecified atom stereocenters. The Morgan fingerprint density at radius 1 is 1.18 bits per heavy atom. The summed E-state index contributed by atoms with van der Waals surface area (Å²) in [6.07, 6.45) is 2.58. The highest BCUT2D eigenvalue weighted by Gasteiger charge is 2.26. The second-order valence-corrected chi connectivity index (χ2v) is 6.83. The lowest BCUT2D eigenvalue weighted by Crippen LogP contribution is -2.41. The van der Waals surface area contributed by atoms with Crippen LogP contribution >= 0.6 is 18.5 Å². The molecule has 0 aliphatic carbocycles. The van der Waals surface area contributed by atoms with Crippen molar-refractivity contribution < 1.29 is 0 Å². The lowest BCUT2D eigenvalue weighted by atomic mass is 10.1. The third kappa shape index (κ3) is 2.98. The molecule has 2 atom stereocenters. The number of likely N-dealkylation sites (tertiary alicyclic amines) is 1. The lowest BCUT2D eigenvalue weighted by Gasteiger charge is -2.38. The summed E-state index contributed by atoms with van der Waals surface area (Å²) in [5, 5.41) is 0. The van der Waals surface area contributed by atoms with Crippen LogP contribution in [0.15, 0.2) is 0 Å². The van der Waals surface area contributed by atoms with Gasteiger partial charge < -0.3 is 4.90 Å². The predicted octanol–water partition coefficient (Wildman–Crippen LogP) is 1.94. The van der Waals surface area contributed by atoms with E-state index in [2.05, 4.69) is 37.2 Å². The highest BCUT2D eigenvalue weighted by molar-refractivity contribution is 7.39. The SMILES string of the molecule is CC(C)N1CCC(P)(P)CC1. The first-order chi connectivity index (χ1) is 5.01. The quantitative estimate of drug-likeness (QED) is 0.572. The van der Waals surface area contributed by atoms with E-state index >= 15 is 0 Å². The molecule has 0 aromatic heterocycles. The van der Waals surface area contributed by atoms with Crippen LogP contribution in [0.3, 0.4) is 0 Å². The molecule has 1 aliphatic heterocycles. The smallest absolute Gasteiger partial charge is 0.00386 e. The van der Waals surface area contributed by atoms with Crippen molar-refractivity contribution in [3.8, 4) is 0 Å². The molecular formula is C8H19NP2. The summed E-state index contributed by atoms with van der Waals surface area (Å²) >= 11 is 0. The molecule has 0 amide bonds. The standard InChI is InChI=1S/C8H19NP2/c1-7(2)9-5-3-8(10,11)4-6-9/h7H,3-6,10-11H2,1-2H3. The molecule has 0 N–H and O–H groups in total. The first-order valence-electron chi connectivity index (χ1n) is 4.33. The summed E-state index contributed by atoms with van der Waals surface area (Å²) in [5.41, 5.74) is 0. The fourth-order valence-corrected chi connectivity index (χ4v) is 1.97. The summed E-state index contributed by atoms with van der Waals surface area (Å²) in [4.78, 5) is 2.98. The third-order valence-corrected chi connectivity index (χ3v) is 3.61. The first-order valence-corrected chi connectivity index (χ1v) is 5.48. The van der Waals surface area contributed by atoms with Crippen molar-refractivity contribution in [3.05, 3.63) is 0 Å². The summed E-state index contributed by atoms with van der Waals surface area (Å²) in [6.45, 7) is 7.06. The molecule has 1 heterocycles. The number of nitrogens with zero attached hydrogens (tertiary/aromatic N) is 1. The molecule has 1 saturated heterocycles. The number of hydrogen-bond donors (Lipinski definition) is 0. The zero-order chi connectivity index (χ0) is 8.48. The Morgan fingerprint density at radius 2 is 1.64 bits per heavy atom. The second kappa shape index (κ2) is 3.69. The van der Waals surface area contributed by atoms with Gasteiger partial charge >= 0.3 is 0 Å². The molecule has 0 aromatic carbocycles. The second-order valence-electron chi connectivity index (χ2n) is 3.86. The van der Waals surface area contributed by atoms with Gasteiger partial charge in [-0.05, 0) is 39.8 Å². The summed E-state index contributed by atoms with van der Waals surface area (Å²) < 4.78 is 0. The highest BCUT2D eigenvalue weighted by Crippen LogP contribution is 2.37. The van der Waals surface area contributed by atoms with Crippen molar-refractivity contribution in [2.75, 3.05) is 13.1 Å². The maximum Gasteiger partial charge on any atom is 0.00386 e. The normalized spacial score (nSPS) is 25.9. The first kappa shape index (κ1) is 9.90. The van der Waals surface area contributed by atoms with Gasteiger partial charge in [0.2, 0.25) is 0 Å². The topological polar surface area (TPSA) is 3.24 Å². The van der Waals surface area contributed by atoms with E-state index in [1.807, 2.05) is 0 Å². The molecular weight excluding hydrogens is 172 g/mol. The van der Waals surface area contributed by atoms with Gasteiger partial charge in [0.05, 0.1) is 0 Å². The van der Waals surface area contributed by atoms with Crippen LogP contribution in [0, 0.1) is 0 Å². The van der Waals surface area contributed by atoms with Gasteiger partial charge in [0.25, 0.3) is 0 Å². The van der Waals surface area contributed by atoms with Crippen LogP contribution in [0.1, 0.15) is 26.7 Å². The molecule has 11 heavy (non-hydrogen) atoms. The van der Waals surface area contributed by atoms with E-state index < -0.39 is 0 Å². The fourth-order valence-electron chi connectivity index (χ4n) is 1.46. The van der Waals surface area contributed by atoms with Crippen LogP contribution in [0.5, 0.6) is 0 Å². The minimum Gasteiger partial charge on any atom is -0.301 e. The van der Waals surface area contributed by atoms with E-state index in [0.29, 0.717) is 4.90 Å². The molecule has 1 rings (SSSR count). The van der Waals surface area contributed by atoms with Gasteiger partial charge in [-0.2, -0.15) is 0 Å². The molecule has 0 spiro atoms. The molecule has 0 saturated carbocycles. The van der Waals surface area contributed by atoms with Gasteiger partial charge in [0.1, 0.15) is 0 Å². The Morgan fingerprint density at radius 3 is 2.00 bits per heavy atom. The van der Waals surface area contributed by atoms with Gasteiger partial charge in [-0.15, -0.1) is 18.5 Å². The van der Waals surface area contributed by atoms with E-state index in [1.165, 1.54) is 25.9 Å². The summed E-state index contributed by atoms with van der Waals surface area (Å²) in [5.74, 6) is 0. The average Bonchev–Trinajstić information content (AvgIpc) is 1.86. The molecule has 66 valence electrons. The fraction of sp³-hybridized carbons (Fsp3) is 1.00. The van der Waals surface area contributed by atoms with Gasteiger partial charge in [-0.25, -0.2) is 0 Å². The minimum atomic E-state index is 0.436. The van der Waals surface area contributed by atoms with E-state index in [1.54, 1.807) is 0 Å². The Kier molecular flexibility index (Phi) is 3.32. The van der Waals surface area contributed by atoms with E-state index in [9.17, 15) is 0 Å². The van der Waals surface area contributed by atoms with Crippen molar-refractivity contribution >= 4 is 18.5 Å². The van der Waals surface area contributed by atoms with Crippen LogP contribution < -0.4 is 0 Å². The van der Waals surface area contributed by atoms with Crippen molar-refractivity contribution in [3.63, 3.8) is 0 Å². The van der Waals surface area contributed by atoms with Crippen LogP contribution in [-0.2, 0) is 0 Å². The summed E-state index contributed by atoms with van der Waals surface area (Å²) in [7, 11) is 5.90. The lowest BCUT2D eigenvalue weighted by molar-refractivity contribution is 0.182. The van der Waals surface area contributed by atoms with Gasteiger partial charge in [0.15, 0.2) is 0 Å². The average molecular weight is 191 g/mol. The minimum absolute atomic E-state index is 0.436. The maximum atomic E-state index is 2.95. The van der Waals surface area contributed by atoms with Gasteiger partial charge in [0, 0.05) is 10.9 Å². The van der Waals surface area contributed by atoms with E-state index in [-0.39, 0.29) is 0 Å². The number of piperidine rings is 1. The van der Waals surface area contributed by atoms with Crippen molar-refractivity contribution in [2.45, 2.75) is 37.6 Å². The van der Waals surface area contributed by atoms with Gasteiger partial charge in [-0.1, -0.05) is 0 Å². The van der Waals surface area contributed by atoms with Gasteiger partial charge in [-0.3, -0.25) is 0 Å². The predicted molar refractivity (Wildman–Crippen MR) is 58.1 cm³/mol. The molecule has 0 radical (unpaired) electrons. The summed E-state index contributed by atoms with van der Waals surface area (Å²) in [6, 6.07) is 0.723. The van der Waals surface area contributed by atoms with Crippen molar-refractivity contribution in [1.82, 2.24) is 4.90 Å². The molecule has 1 aliphatic rings. The molecule has 0 aromatic rings. The Balaban J connectivity index is 2.36. The Bertz CT molecular complexity index is 124. The van der Waals surface area contributed by atoms with Crippen molar-refractivity contribution in [1.29, 1.82) is 0 Å². The molecule has 1 fully saturated rings. The highest BCUT2D eigenvalue weighted by atomic mass is 31.1. The van der Waals surface area contributed by atoms with E-state index in [0.717, 1.165) is 6.04 Å². The van der Waals surface area contributed by atoms with Crippen LogP contribution in [0.2, 0.25) is 0 Å². The van der Waals surface area contributed by atoms with Crippen LogP contribution in [0.25, 0.3) is 0 Å². The van der Waals surface area contributed by atoms with Crippen molar-refractivity contribution in [2.24, 2.45) is 0 Å². The number of hydrogen-bond acceptors (Lipinski definition) is 1. The molecule has 3 heteroatoms. The van der Waals surface area contributed by atoms with Crippen LogP contribution in [-0.4, -0.2) is 28.9 Å².